The first-order valence-corrected chi connectivity index (χ1v) is 17.6. The number of aliphatic hydroxyl groups excluding tert-OH is 1. The Hall–Kier alpha value is -5.27. The zero-order valence-corrected chi connectivity index (χ0v) is 29.1. The predicted octanol–water partition coefficient (Wildman–Crippen LogP) is 6.09. The molecular weight excluding hydrogens is 667 g/mol. The van der Waals surface area contributed by atoms with Gasteiger partial charge in [-0.05, 0) is 59.3 Å². The molecule has 0 spiro atoms. The van der Waals surface area contributed by atoms with Gasteiger partial charge in [0, 0.05) is 5.56 Å². The quantitative estimate of drug-likeness (QED) is 0.144. The van der Waals surface area contributed by atoms with Crippen molar-refractivity contribution in [3.63, 3.8) is 0 Å². The van der Waals surface area contributed by atoms with E-state index in [1.807, 2.05) is 91.2 Å². The van der Waals surface area contributed by atoms with Gasteiger partial charge in [0.2, 0.25) is 0 Å². The Bertz CT molecular complexity index is 2030. The predicted molar refractivity (Wildman–Crippen MR) is 195 cm³/mol. The Morgan fingerprint density at radius 2 is 1.43 bits per heavy atom. The van der Waals surface area contributed by atoms with Crippen LogP contribution in [-0.2, 0) is 15.1 Å². The number of anilines is 1. The van der Waals surface area contributed by atoms with Gasteiger partial charge < -0.3 is 29.4 Å². The Morgan fingerprint density at radius 1 is 0.843 bits per heavy atom. The minimum Gasteiger partial charge on any atom is -0.497 e. The summed E-state index contributed by atoms with van der Waals surface area (Å²) in [6.45, 7) is 0.0433. The molecule has 0 aliphatic carbocycles. The van der Waals surface area contributed by atoms with Crippen LogP contribution in [0.25, 0.3) is 11.2 Å². The van der Waals surface area contributed by atoms with E-state index in [2.05, 4.69) is 20.3 Å². The molecule has 1 saturated heterocycles. The number of thioether (sulfide) groups is 1. The number of fused-ring (bicyclic) bond motifs is 1. The van der Waals surface area contributed by atoms with Gasteiger partial charge in [0.1, 0.15) is 29.5 Å². The molecule has 1 aliphatic heterocycles. The third-order valence-corrected chi connectivity index (χ3v) is 10.2. The molecule has 260 valence electrons. The highest BCUT2D eigenvalue weighted by Crippen LogP contribution is 2.44. The van der Waals surface area contributed by atoms with Crippen LogP contribution in [0.4, 0.5) is 5.82 Å². The summed E-state index contributed by atoms with van der Waals surface area (Å²) in [6, 6.07) is 34.4. The largest absolute Gasteiger partial charge is 0.497 e. The smallest absolute Gasteiger partial charge is 0.256 e. The van der Waals surface area contributed by atoms with E-state index in [1.165, 1.54) is 18.1 Å². The van der Waals surface area contributed by atoms with E-state index >= 15 is 0 Å². The first-order chi connectivity index (χ1) is 25.0. The number of nitrogens with one attached hydrogen (secondary N) is 1. The monoisotopic (exact) mass is 703 g/mol. The number of nitrogens with zero attached hydrogens (tertiary/aromatic N) is 4. The van der Waals surface area contributed by atoms with Crippen LogP contribution in [0.5, 0.6) is 11.5 Å². The van der Waals surface area contributed by atoms with Crippen LogP contribution in [0, 0.1) is 0 Å². The number of methoxy groups -OCH3 is 2. The van der Waals surface area contributed by atoms with E-state index in [-0.39, 0.29) is 23.6 Å². The second-order valence-electron chi connectivity index (χ2n) is 11.9. The summed E-state index contributed by atoms with van der Waals surface area (Å²) in [5.74, 6) is 1.40. The van der Waals surface area contributed by atoms with Crippen molar-refractivity contribution in [2.75, 3.05) is 32.4 Å². The normalized spacial score (nSPS) is 18.8. The molecule has 0 saturated carbocycles. The maximum Gasteiger partial charge on any atom is 0.256 e. The lowest BCUT2D eigenvalue weighted by molar-refractivity contribution is -0.0930. The van der Waals surface area contributed by atoms with Gasteiger partial charge in [-0.25, -0.2) is 15.0 Å². The lowest BCUT2D eigenvalue weighted by atomic mass is 9.80. The highest BCUT2D eigenvalue weighted by molar-refractivity contribution is 7.99. The molecular formula is C39H37N5O6S. The van der Waals surface area contributed by atoms with E-state index in [0.717, 1.165) is 28.2 Å². The summed E-state index contributed by atoms with van der Waals surface area (Å²) in [7, 11) is 3.27. The Kier molecular flexibility index (Phi) is 10.00. The first kappa shape index (κ1) is 34.2. The van der Waals surface area contributed by atoms with Crippen LogP contribution in [-0.4, -0.2) is 75.1 Å². The molecule has 51 heavy (non-hydrogen) atoms. The van der Waals surface area contributed by atoms with Gasteiger partial charge in [-0.3, -0.25) is 9.36 Å². The van der Waals surface area contributed by atoms with Crippen LogP contribution in [0.2, 0.25) is 0 Å². The van der Waals surface area contributed by atoms with Gasteiger partial charge in [0.05, 0.1) is 38.5 Å². The SMILES string of the molecule is COc1ccc(C(OC[C@H]2O[C@@H](n3cnc4c(NC(=O)c5ccccc5)ncnc43)C(SC)C2O)(c2ccccc2)c2ccc(OC)cc2)cc1. The molecule has 12 heteroatoms. The zero-order chi connectivity index (χ0) is 35.4. The average molecular weight is 704 g/mol. The first-order valence-electron chi connectivity index (χ1n) is 16.4. The van der Waals surface area contributed by atoms with Gasteiger partial charge in [-0.15, -0.1) is 0 Å². The van der Waals surface area contributed by atoms with E-state index in [4.69, 9.17) is 18.9 Å². The van der Waals surface area contributed by atoms with Crippen molar-refractivity contribution in [3.05, 3.63) is 144 Å². The molecule has 4 atom stereocenters. The lowest BCUT2D eigenvalue weighted by Gasteiger charge is -2.37. The van der Waals surface area contributed by atoms with Crippen LogP contribution < -0.4 is 14.8 Å². The van der Waals surface area contributed by atoms with Crippen molar-refractivity contribution in [1.29, 1.82) is 0 Å². The molecule has 4 aromatic carbocycles. The summed E-state index contributed by atoms with van der Waals surface area (Å²) >= 11 is 1.48. The topological polar surface area (TPSA) is 130 Å². The van der Waals surface area contributed by atoms with Crippen molar-refractivity contribution in [2.24, 2.45) is 0 Å². The number of carbonyl (C=O) groups excluding carboxylic acids is 1. The van der Waals surface area contributed by atoms with Gasteiger partial charge >= 0.3 is 0 Å². The molecule has 11 nitrogen and oxygen atoms in total. The van der Waals surface area contributed by atoms with Gasteiger partial charge in [-0.1, -0.05) is 72.8 Å². The van der Waals surface area contributed by atoms with E-state index < -0.39 is 24.0 Å². The average Bonchev–Trinajstić information content (AvgIpc) is 3.77. The van der Waals surface area contributed by atoms with Crippen LogP contribution in [0.3, 0.4) is 0 Å². The molecule has 1 aliphatic rings. The molecule has 2 N–H and O–H groups in total. The number of amides is 1. The maximum atomic E-state index is 12.9. The van der Waals surface area contributed by atoms with Crippen molar-refractivity contribution >= 4 is 34.7 Å². The second kappa shape index (κ2) is 14.9. The number of hydrogen-bond donors (Lipinski definition) is 2. The minimum absolute atomic E-state index is 0.0433. The standard InChI is InChI=1S/C39H37N5O6S/c1-47-29-18-14-27(15-19-29)39(26-12-8-5-9-13-26,28-16-20-30(48-2)21-17-28)49-22-31-33(45)34(51-3)38(50-31)44-24-42-32-35(40-23-41-36(32)44)43-37(46)25-10-6-4-7-11-25/h4-21,23-24,31,33-34,38,45H,22H2,1-3H3,(H,40,41,43,46)/t31-,33?,34?,38-/m1/s1. The fourth-order valence-electron chi connectivity index (χ4n) is 6.52. The number of ether oxygens (including phenoxy) is 4. The van der Waals surface area contributed by atoms with Crippen molar-refractivity contribution < 1.29 is 28.8 Å². The van der Waals surface area contributed by atoms with E-state index in [9.17, 15) is 9.90 Å². The van der Waals surface area contributed by atoms with Gasteiger partial charge in [-0.2, -0.15) is 11.8 Å². The number of benzene rings is 4. The fourth-order valence-corrected chi connectivity index (χ4v) is 7.40. The van der Waals surface area contributed by atoms with Crippen LogP contribution in [0.1, 0.15) is 33.3 Å². The third-order valence-electron chi connectivity index (χ3n) is 9.12. The van der Waals surface area contributed by atoms with Gasteiger partial charge in [0.25, 0.3) is 5.91 Å². The number of carbonyl (C=O) groups is 1. The Morgan fingerprint density at radius 3 is 2.02 bits per heavy atom. The molecule has 0 bridgehead atoms. The highest BCUT2D eigenvalue weighted by atomic mass is 32.2. The molecule has 7 rings (SSSR count). The Balaban J connectivity index is 1.22. The van der Waals surface area contributed by atoms with E-state index in [1.54, 1.807) is 49.4 Å². The molecule has 1 fully saturated rings. The van der Waals surface area contributed by atoms with Crippen molar-refractivity contribution in [3.8, 4) is 11.5 Å². The number of aromatic nitrogens is 4. The third kappa shape index (κ3) is 6.54. The molecule has 3 heterocycles. The van der Waals surface area contributed by atoms with Crippen LogP contribution in [0.15, 0.2) is 122 Å². The molecule has 2 aromatic heterocycles. The number of aliphatic hydroxyl groups is 1. The van der Waals surface area contributed by atoms with Crippen molar-refractivity contribution in [2.45, 2.75) is 29.3 Å². The molecule has 0 radical (unpaired) electrons. The molecule has 2 unspecified atom stereocenters. The summed E-state index contributed by atoms with van der Waals surface area (Å²) in [6.07, 6.45) is 2.64. The second-order valence-corrected chi connectivity index (χ2v) is 13.0. The summed E-state index contributed by atoms with van der Waals surface area (Å²) < 4.78 is 26.4. The fraction of sp³-hybridized carbons (Fsp3) is 0.231. The van der Waals surface area contributed by atoms with Crippen molar-refractivity contribution in [1.82, 2.24) is 19.5 Å². The minimum atomic E-state index is -1.09. The lowest BCUT2D eigenvalue weighted by Crippen LogP contribution is -2.39. The molecule has 1 amide bonds. The number of hydrogen-bond acceptors (Lipinski definition) is 10. The van der Waals surface area contributed by atoms with Gasteiger partial charge in [0.15, 0.2) is 23.2 Å². The summed E-state index contributed by atoms with van der Waals surface area (Å²) in [4.78, 5) is 26.3. The highest BCUT2D eigenvalue weighted by Gasteiger charge is 2.47. The summed E-state index contributed by atoms with van der Waals surface area (Å²) in [5, 5.41) is 14.2. The van der Waals surface area contributed by atoms with Crippen LogP contribution >= 0.6 is 11.8 Å². The van der Waals surface area contributed by atoms with E-state index in [0.29, 0.717) is 16.7 Å². The number of rotatable bonds is 12. The zero-order valence-electron chi connectivity index (χ0n) is 28.2. The number of imidazole rings is 1. The maximum absolute atomic E-state index is 12.9. The summed E-state index contributed by atoms with van der Waals surface area (Å²) in [5.41, 5.74) is 2.90. The Labute approximate surface area is 299 Å². The molecule has 6 aromatic rings.